The lowest BCUT2D eigenvalue weighted by Crippen LogP contribution is -2.27. The Labute approximate surface area is 155 Å². The van der Waals surface area contributed by atoms with Gasteiger partial charge in [0.15, 0.2) is 11.5 Å². The molecule has 140 valence electrons. The SMILES string of the molecule is CCOc1ccc(CCNC(=O)CCOc2ccccc2)cc1OCC. The summed E-state index contributed by atoms with van der Waals surface area (Å²) in [5.41, 5.74) is 1.10. The molecule has 0 spiro atoms. The number of rotatable bonds is 11. The minimum Gasteiger partial charge on any atom is -0.493 e. The van der Waals surface area contributed by atoms with E-state index in [0.717, 1.165) is 29.2 Å². The lowest BCUT2D eigenvalue weighted by atomic mass is 10.1. The van der Waals surface area contributed by atoms with Crippen LogP contribution >= 0.6 is 0 Å². The Balaban J connectivity index is 1.72. The number of para-hydroxylation sites is 1. The molecule has 26 heavy (non-hydrogen) atoms. The van der Waals surface area contributed by atoms with Gasteiger partial charge in [-0.1, -0.05) is 24.3 Å². The predicted molar refractivity (Wildman–Crippen MR) is 102 cm³/mol. The zero-order valence-corrected chi connectivity index (χ0v) is 15.5. The highest BCUT2D eigenvalue weighted by Gasteiger charge is 2.07. The molecule has 0 saturated heterocycles. The standard InChI is InChI=1S/C21H27NO4/c1-3-24-19-11-10-17(16-20(19)25-4-2)12-14-22-21(23)13-15-26-18-8-6-5-7-9-18/h5-11,16H,3-4,12-15H2,1-2H3,(H,22,23). The molecule has 2 aromatic rings. The molecule has 0 unspecified atom stereocenters. The molecule has 0 aliphatic carbocycles. The Kier molecular flexibility index (Phi) is 8.33. The molecular formula is C21H27NO4. The van der Waals surface area contributed by atoms with E-state index in [2.05, 4.69) is 5.32 Å². The van der Waals surface area contributed by atoms with Crippen molar-refractivity contribution in [2.75, 3.05) is 26.4 Å². The summed E-state index contributed by atoms with van der Waals surface area (Å²) in [7, 11) is 0. The molecule has 0 aliphatic heterocycles. The van der Waals surface area contributed by atoms with Gasteiger partial charge in [-0.05, 0) is 50.1 Å². The minimum atomic E-state index is -0.0168. The van der Waals surface area contributed by atoms with Crippen LogP contribution in [-0.4, -0.2) is 32.3 Å². The highest BCUT2D eigenvalue weighted by atomic mass is 16.5. The predicted octanol–water partition coefficient (Wildman–Crippen LogP) is 3.61. The van der Waals surface area contributed by atoms with Crippen LogP contribution < -0.4 is 19.5 Å². The maximum absolute atomic E-state index is 11.9. The van der Waals surface area contributed by atoms with E-state index < -0.39 is 0 Å². The third kappa shape index (κ3) is 6.67. The highest BCUT2D eigenvalue weighted by molar-refractivity contribution is 5.76. The third-order valence-corrected chi connectivity index (χ3v) is 3.68. The summed E-state index contributed by atoms with van der Waals surface area (Å²) < 4.78 is 16.7. The molecule has 5 heteroatoms. The molecule has 1 N–H and O–H groups in total. The largest absolute Gasteiger partial charge is 0.493 e. The summed E-state index contributed by atoms with van der Waals surface area (Å²) in [6.45, 7) is 6.01. The normalized spacial score (nSPS) is 10.2. The van der Waals surface area contributed by atoms with E-state index in [4.69, 9.17) is 14.2 Å². The molecule has 5 nitrogen and oxygen atoms in total. The Morgan fingerprint density at radius 3 is 2.38 bits per heavy atom. The van der Waals surface area contributed by atoms with E-state index in [1.54, 1.807) is 0 Å². The number of hydrogen-bond donors (Lipinski definition) is 1. The fourth-order valence-corrected chi connectivity index (χ4v) is 2.46. The quantitative estimate of drug-likeness (QED) is 0.667. The summed E-state index contributed by atoms with van der Waals surface area (Å²) in [6.07, 6.45) is 1.07. The van der Waals surface area contributed by atoms with Crippen LogP contribution in [0.3, 0.4) is 0 Å². The van der Waals surface area contributed by atoms with Crippen LogP contribution in [0.25, 0.3) is 0 Å². The maximum Gasteiger partial charge on any atom is 0.223 e. The highest BCUT2D eigenvalue weighted by Crippen LogP contribution is 2.28. The van der Waals surface area contributed by atoms with Crippen molar-refractivity contribution in [3.63, 3.8) is 0 Å². The van der Waals surface area contributed by atoms with E-state index in [1.165, 1.54) is 0 Å². The van der Waals surface area contributed by atoms with Crippen LogP contribution in [0, 0.1) is 0 Å². The van der Waals surface area contributed by atoms with Gasteiger partial charge in [0.25, 0.3) is 0 Å². The summed E-state index contributed by atoms with van der Waals surface area (Å²) in [5.74, 6) is 2.25. The van der Waals surface area contributed by atoms with Crippen LogP contribution in [0.2, 0.25) is 0 Å². The first kappa shape index (κ1) is 19.6. The summed E-state index contributed by atoms with van der Waals surface area (Å²) >= 11 is 0. The Morgan fingerprint density at radius 2 is 1.65 bits per heavy atom. The molecule has 0 heterocycles. The monoisotopic (exact) mass is 357 g/mol. The lowest BCUT2D eigenvalue weighted by Gasteiger charge is -2.12. The van der Waals surface area contributed by atoms with Gasteiger partial charge in [0.2, 0.25) is 5.91 Å². The van der Waals surface area contributed by atoms with E-state index >= 15 is 0 Å². The van der Waals surface area contributed by atoms with Crippen LogP contribution in [0.1, 0.15) is 25.8 Å². The van der Waals surface area contributed by atoms with E-state index in [-0.39, 0.29) is 5.91 Å². The van der Waals surface area contributed by atoms with Crippen molar-refractivity contribution >= 4 is 5.91 Å². The number of carbonyl (C=O) groups is 1. The van der Waals surface area contributed by atoms with E-state index in [1.807, 2.05) is 62.4 Å². The second-order valence-corrected chi connectivity index (χ2v) is 5.66. The lowest BCUT2D eigenvalue weighted by molar-refractivity contribution is -0.121. The molecule has 0 radical (unpaired) electrons. The van der Waals surface area contributed by atoms with Crippen molar-refractivity contribution in [2.24, 2.45) is 0 Å². The van der Waals surface area contributed by atoms with Gasteiger partial charge in [-0.25, -0.2) is 0 Å². The molecule has 0 atom stereocenters. The molecule has 1 amide bonds. The van der Waals surface area contributed by atoms with Gasteiger partial charge in [-0.15, -0.1) is 0 Å². The average molecular weight is 357 g/mol. The second-order valence-electron chi connectivity index (χ2n) is 5.66. The first-order chi connectivity index (χ1) is 12.7. The molecular weight excluding hydrogens is 330 g/mol. The van der Waals surface area contributed by atoms with E-state index in [0.29, 0.717) is 32.8 Å². The second kappa shape index (κ2) is 11.0. The fraction of sp³-hybridized carbons (Fsp3) is 0.381. The van der Waals surface area contributed by atoms with Gasteiger partial charge < -0.3 is 19.5 Å². The van der Waals surface area contributed by atoms with Crippen molar-refractivity contribution in [2.45, 2.75) is 26.7 Å². The number of benzene rings is 2. The van der Waals surface area contributed by atoms with Gasteiger partial charge in [0.05, 0.1) is 26.2 Å². The van der Waals surface area contributed by atoms with Crippen molar-refractivity contribution < 1.29 is 19.0 Å². The van der Waals surface area contributed by atoms with Gasteiger partial charge in [0.1, 0.15) is 5.75 Å². The number of amides is 1. The molecule has 0 aromatic heterocycles. The van der Waals surface area contributed by atoms with Crippen LogP contribution in [-0.2, 0) is 11.2 Å². The Bertz CT molecular complexity index is 673. The number of carbonyl (C=O) groups excluding carboxylic acids is 1. The summed E-state index contributed by atoms with van der Waals surface area (Å²) in [4.78, 5) is 11.9. The number of hydrogen-bond acceptors (Lipinski definition) is 4. The zero-order valence-electron chi connectivity index (χ0n) is 15.5. The summed E-state index contributed by atoms with van der Waals surface area (Å²) in [5, 5.41) is 2.92. The first-order valence-electron chi connectivity index (χ1n) is 9.06. The first-order valence-corrected chi connectivity index (χ1v) is 9.06. The molecule has 0 aliphatic rings. The molecule has 0 saturated carbocycles. The van der Waals surface area contributed by atoms with Gasteiger partial charge in [0, 0.05) is 6.54 Å². The smallest absolute Gasteiger partial charge is 0.223 e. The minimum absolute atomic E-state index is 0.0168. The van der Waals surface area contributed by atoms with Crippen LogP contribution in [0.4, 0.5) is 0 Å². The van der Waals surface area contributed by atoms with Gasteiger partial charge in [-0.2, -0.15) is 0 Å². The zero-order chi connectivity index (χ0) is 18.6. The van der Waals surface area contributed by atoms with Crippen LogP contribution in [0.5, 0.6) is 17.2 Å². The Hall–Kier alpha value is -2.69. The number of ether oxygens (including phenoxy) is 3. The average Bonchev–Trinajstić information content (AvgIpc) is 2.65. The van der Waals surface area contributed by atoms with E-state index in [9.17, 15) is 4.79 Å². The third-order valence-electron chi connectivity index (χ3n) is 3.68. The maximum atomic E-state index is 11.9. The van der Waals surface area contributed by atoms with Gasteiger partial charge in [-0.3, -0.25) is 4.79 Å². The fourth-order valence-electron chi connectivity index (χ4n) is 2.46. The molecule has 2 rings (SSSR count). The van der Waals surface area contributed by atoms with Crippen LogP contribution in [0.15, 0.2) is 48.5 Å². The van der Waals surface area contributed by atoms with Crippen molar-refractivity contribution in [1.82, 2.24) is 5.32 Å². The summed E-state index contributed by atoms with van der Waals surface area (Å²) in [6, 6.07) is 15.4. The van der Waals surface area contributed by atoms with Crippen molar-refractivity contribution in [3.8, 4) is 17.2 Å². The molecule has 0 fully saturated rings. The topological polar surface area (TPSA) is 56.8 Å². The molecule has 2 aromatic carbocycles. The van der Waals surface area contributed by atoms with Crippen molar-refractivity contribution in [1.29, 1.82) is 0 Å². The Morgan fingerprint density at radius 1 is 0.923 bits per heavy atom. The van der Waals surface area contributed by atoms with Gasteiger partial charge >= 0.3 is 0 Å². The van der Waals surface area contributed by atoms with Crippen molar-refractivity contribution in [3.05, 3.63) is 54.1 Å². The number of nitrogens with one attached hydrogen (secondary N) is 1. The molecule has 0 bridgehead atoms.